The maximum absolute atomic E-state index is 13.2. The van der Waals surface area contributed by atoms with Gasteiger partial charge in [-0.2, -0.15) is 26.3 Å². The van der Waals surface area contributed by atoms with Crippen molar-refractivity contribution in [1.82, 2.24) is 0 Å². The number of esters is 1. The second kappa shape index (κ2) is 7.81. The molecule has 0 spiro atoms. The molecule has 0 saturated heterocycles. The van der Waals surface area contributed by atoms with Crippen molar-refractivity contribution in [3.63, 3.8) is 0 Å². The molecule has 1 aromatic carbocycles. The van der Waals surface area contributed by atoms with Crippen LogP contribution in [-0.2, 0) is 22.1 Å². The van der Waals surface area contributed by atoms with Gasteiger partial charge in [0.05, 0.1) is 11.9 Å². The number of carbonyl (C=O) groups excluding carboxylic acids is 1. The third-order valence-electron chi connectivity index (χ3n) is 2.96. The van der Waals surface area contributed by atoms with E-state index in [2.05, 4.69) is 4.74 Å². The van der Waals surface area contributed by atoms with Gasteiger partial charge in [0, 0.05) is 5.57 Å². The molecule has 1 rings (SSSR count). The van der Waals surface area contributed by atoms with Gasteiger partial charge in [0.25, 0.3) is 0 Å². The molecule has 0 aromatic heterocycles. The summed E-state index contributed by atoms with van der Waals surface area (Å²) in [6.07, 6.45) is -13.3. The number of hydrogen-bond donors (Lipinski definition) is 1. The summed E-state index contributed by atoms with van der Waals surface area (Å²) in [5, 5.41) is 0. The van der Waals surface area contributed by atoms with Crippen LogP contribution in [0.15, 0.2) is 30.1 Å². The predicted octanol–water partition coefficient (Wildman–Crippen LogP) is 4.02. The van der Waals surface area contributed by atoms with E-state index in [0.717, 1.165) is 6.07 Å². The second-order valence-electron chi connectivity index (χ2n) is 4.85. The lowest BCUT2D eigenvalue weighted by Gasteiger charge is -2.17. The van der Waals surface area contributed by atoms with Gasteiger partial charge >= 0.3 is 18.3 Å². The molecule has 0 aliphatic heterocycles. The highest BCUT2D eigenvalue weighted by Crippen LogP contribution is 2.31. The molecule has 3 nitrogen and oxygen atoms in total. The largest absolute Gasteiger partial charge is 0.490 e. The van der Waals surface area contributed by atoms with E-state index >= 15 is 0 Å². The number of nitrogens with two attached hydrogens (primary N) is 1. The Bertz CT molecular complexity index is 651. The fraction of sp³-hybridized carbons (Fsp3) is 0.357. The number of alkyl halides is 6. The van der Waals surface area contributed by atoms with Crippen LogP contribution >= 0.6 is 0 Å². The fourth-order valence-electron chi connectivity index (χ4n) is 1.76. The molecular formula is C14H11F8NO2. The second-order valence-corrected chi connectivity index (χ2v) is 4.85. The molecule has 0 aliphatic rings. The van der Waals surface area contributed by atoms with E-state index in [4.69, 9.17) is 5.73 Å². The first-order valence-electron chi connectivity index (χ1n) is 6.53. The third-order valence-corrected chi connectivity index (χ3v) is 2.96. The van der Waals surface area contributed by atoms with Crippen molar-refractivity contribution in [2.75, 3.05) is 0 Å². The van der Waals surface area contributed by atoms with Crippen LogP contribution in [0.4, 0.5) is 35.1 Å². The van der Waals surface area contributed by atoms with E-state index in [-0.39, 0.29) is 24.4 Å². The molecule has 0 radical (unpaired) electrons. The first-order valence-corrected chi connectivity index (χ1v) is 6.53. The zero-order chi connectivity index (χ0) is 19.4. The van der Waals surface area contributed by atoms with E-state index < -0.39 is 47.9 Å². The van der Waals surface area contributed by atoms with Crippen molar-refractivity contribution in [3.05, 3.63) is 47.0 Å². The summed E-state index contributed by atoms with van der Waals surface area (Å²) in [4.78, 5) is 10.6. The van der Waals surface area contributed by atoms with Crippen molar-refractivity contribution in [2.24, 2.45) is 5.73 Å². The van der Waals surface area contributed by atoms with Gasteiger partial charge < -0.3 is 4.74 Å². The summed E-state index contributed by atoms with van der Waals surface area (Å²) >= 11 is 0. The summed E-state index contributed by atoms with van der Waals surface area (Å²) in [6, 6.07) is 1.61. The average molecular weight is 377 g/mol. The standard InChI is InChI=1S/C14H11F8NO2/c15-6-8(11(23)25-12(24)14(20,21)22)2-1-7-3-9(13(17,18)19)5-10(16)4-7/h3-6,11H,1-2,23H2/b8-6+. The summed E-state index contributed by atoms with van der Waals surface area (Å²) in [5.41, 5.74) is 3.03. The zero-order valence-electron chi connectivity index (χ0n) is 12.2. The van der Waals surface area contributed by atoms with Crippen LogP contribution in [0.3, 0.4) is 0 Å². The molecule has 1 atom stereocenters. The summed E-state index contributed by atoms with van der Waals surface area (Å²) < 4.78 is 104. The molecule has 25 heavy (non-hydrogen) atoms. The Hall–Kier alpha value is -2.17. The van der Waals surface area contributed by atoms with Gasteiger partial charge in [-0.3, -0.25) is 5.73 Å². The molecule has 0 amide bonds. The highest BCUT2D eigenvalue weighted by molar-refractivity contribution is 5.75. The normalized spacial score (nSPS) is 14.4. The lowest BCUT2D eigenvalue weighted by atomic mass is 10.0. The van der Waals surface area contributed by atoms with Gasteiger partial charge in [0.1, 0.15) is 5.82 Å². The Morgan fingerprint density at radius 1 is 1.16 bits per heavy atom. The van der Waals surface area contributed by atoms with Crippen LogP contribution in [-0.4, -0.2) is 18.4 Å². The molecule has 0 bridgehead atoms. The van der Waals surface area contributed by atoms with Crippen LogP contribution < -0.4 is 5.73 Å². The highest BCUT2D eigenvalue weighted by atomic mass is 19.4. The van der Waals surface area contributed by atoms with Crippen molar-refractivity contribution < 1.29 is 44.7 Å². The van der Waals surface area contributed by atoms with Crippen LogP contribution in [0, 0.1) is 5.82 Å². The minimum absolute atomic E-state index is 0.193. The minimum atomic E-state index is -5.34. The van der Waals surface area contributed by atoms with Crippen LogP contribution in [0.1, 0.15) is 17.5 Å². The van der Waals surface area contributed by atoms with E-state index in [0.29, 0.717) is 6.07 Å². The number of halogens is 8. The number of ether oxygens (including phenoxy) is 1. The first-order chi connectivity index (χ1) is 11.3. The van der Waals surface area contributed by atoms with Crippen molar-refractivity contribution in [2.45, 2.75) is 31.4 Å². The summed E-state index contributed by atoms with van der Waals surface area (Å²) in [6.45, 7) is 0. The molecule has 1 aromatic rings. The number of benzene rings is 1. The number of carbonyl (C=O) groups is 1. The zero-order valence-corrected chi connectivity index (χ0v) is 12.2. The molecule has 1 unspecified atom stereocenters. The lowest BCUT2D eigenvalue weighted by molar-refractivity contribution is -0.203. The Balaban J connectivity index is 2.82. The van der Waals surface area contributed by atoms with Gasteiger partial charge in [-0.15, -0.1) is 0 Å². The Labute approximate surface area is 136 Å². The van der Waals surface area contributed by atoms with E-state index in [9.17, 15) is 39.9 Å². The number of rotatable bonds is 5. The van der Waals surface area contributed by atoms with E-state index in [1.165, 1.54) is 0 Å². The van der Waals surface area contributed by atoms with E-state index in [1.54, 1.807) is 0 Å². The van der Waals surface area contributed by atoms with Gasteiger partial charge in [-0.25, -0.2) is 13.6 Å². The molecule has 0 aliphatic carbocycles. The highest BCUT2D eigenvalue weighted by Gasteiger charge is 2.42. The monoisotopic (exact) mass is 377 g/mol. The number of aryl methyl sites for hydroxylation is 1. The number of hydrogen-bond acceptors (Lipinski definition) is 3. The molecule has 0 heterocycles. The molecular weight excluding hydrogens is 366 g/mol. The fourth-order valence-corrected chi connectivity index (χ4v) is 1.76. The average Bonchev–Trinajstić information content (AvgIpc) is 2.45. The van der Waals surface area contributed by atoms with Gasteiger partial charge in [-0.05, 0) is 36.6 Å². The first kappa shape index (κ1) is 20.9. The predicted molar refractivity (Wildman–Crippen MR) is 69.0 cm³/mol. The smallest absolute Gasteiger partial charge is 0.436 e. The molecule has 2 N–H and O–H groups in total. The lowest BCUT2D eigenvalue weighted by Crippen LogP contribution is -2.35. The van der Waals surface area contributed by atoms with Crippen LogP contribution in [0.25, 0.3) is 0 Å². The summed E-state index contributed by atoms with van der Waals surface area (Å²) in [7, 11) is 0. The quantitative estimate of drug-likeness (QED) is 0.479. The molecule has 11 heteroatoms. The van der Waals surface area contributed by atoms with Crippen molar-refractivity contribution >= 4 is 5.97 Å². The Morgan fingerprint density at radius 3 is 2.24 bits per heavy atom. The SMILES string of the molecule is NC(OC(=O)C(F)(F)F)/C(=C/F)CCc1cc(F)cc(C(F)(F)F)c1. The molecule has 0 saturated carbocycles. The van der Waals surface area contributed by atoms with Gasteiger partial charge in [0.2, 0.25) is 0 Å². The third kappa shape index (κ3) is 6.33. The Morgan fingerprint density at radius 2 is 1.76 bits per heavy atom. The summed E-state index contributed by atoms with van der Waals surface area (Å²) in [5.74, 6) is -3.84. The minimum Gasteiger partial charge on any atom is -0.436 e. The molecule has 0 fully saturated rings. The Kier molecular flexibility index (Phi) is 6.52. The van der Waals surface area contributed by atoms with Gasteiger partial charge in [0.15, 0.2) is 6.23 Å². The topological polar surface area (TPSA) is 52.3 Å². The van der Waals surface area contributed by atoms with Crippen LogP contribution in [0.5, 0.6) is 0 Å². The van der Waals surface area contributed by atoms with Gasteiger partial charge in [-0.1, -0.05) is 0 Å². The van der Waals surface area contributed by atoms with Crippen molar-refractivity contribution in [1.29, 1.82) is 0 Å². The van der Waals surface area contributed by atoms with Crippen molar-refractivity contribution in [3.8, 4) is 0 Å². The maximum atomic E-state index is 13.2. The molecule has 140 valence electrons. The van der Waals surface area contributed by atoms with Crippen LogP contribution in [0.2, 0.25) is 0 Å². The van der Waals surface area contributed by atoms with E-state index in [1.807, 2.05) is 0 Å². The maximum Gasteiger partial charge on any atom is 0.490 e.